The van der Waals surface area contributed by atoms with E-state index in [4.69, 9.17) is 4.74 Å². The van der Waals surface area contributed by atoms with Gasteiger partial charge in [0.25, 0.3) is 0 Å². The number of rotatable bonds is 4. The van der Waals surface area contributed by atoms with Crippen molar-refractivity contribution in [1.82, 2.24) is 4.98 Å². The molecule has 1 aromatic carbocycles. The minimum atomic E-state index is -0.428. The normalized spacial score (nSPS) is 9.90. The van der Waals surface area contributed by atoms with Crippen LogP contribution in [0, 0.1) is 0 Å². The monoisotopic (exact) mass is 291 g/mol. The molecular formula is C13H13N3O3S. The number of hydrogen-bond acceptors (Lipinski definition) is 5. The molecule has 0 spiro atoms. The first kappa shape index (κ1) is 14.0. The van der Waals surface area contributed by atoms with E-state index in [1.807, 2.05) is 0 Å². The van der Waals surface area contributed by atoms with Crippen LogP contribution in [0.5, 0.6) is 5.75 Å². The molecular weight excluding hydrogens is 278 g/mol. The smallest absolute Gasteiger partial charge is 0.325 e. The summed E-state index contributed by atoms with van der Waals surface area (Å²) in [4.78, 5) is 26.9. The molecule has 6 nitrogen and oxygen atoms in total. The molecule has 20 heavy (non-hydrogen) atoms. The van der Waals surface area contributed by atoms with Gasteiger partial charge in [-0.15, -0.1) is 11.3 Å². The second kappa shape index (κ2) is 6.16. The van der Waals surface area contributed by atoms with Crippen LogP contribution in [0.3, 0.4) is 0 Å². The van der Waals surface area contributed by atoms with Crippen LogP contribution in [0.4, 0.5) is 15.6 Å². The minimum absolute atomic E-state index is 0.137. The van der Waals surface area contributed by atoms with Crippen molar-refractivity contribution >= 4 is 34.0 Å². The third-order valence-electron chi connectivity index (χ3n) is 2.41. The molecule has 2 aromatic rings. The zero-order chi connectivity index (χ0) is 14.5. The first-order chi connectivity index (χ1) is 9.58. The van der Waals surface area contributed by atoms with Gasteiger partial charge in [0.1, 0.15) is 11.4 Å². The van der Waals surface area contributed by atoms with Gasteiger partial charge in [0.15, 0.2) is 10.9 Å². The standard InChI is InChI=1S/C13H13N3O3S/c1-8(17)11-7-20-13(15-11)16-12(18)14-9-4-3-5-10(6-9)19-2/h3-7H,1-2H3,(H2,14,15,16,18). The molecule has 0 atom stereocenters. The number of anilines is 2. The highest BCUT2D eigenvalue weighted by Gasteiger charge is 2.09. The summed E-state index contributed by atoms with van der Waals surface area (Å²) in [5.41, 5.74) is 0.942. The van der Waals surface area contributed by atoms with Crippen LogP contribution in [-0.2, 0) is 0 Å². The quantitative estimate of drug-likeness (QED) is 0.849. The number of nitrogens with zero attached hydrogens (tertiary/aromatic N) is 1. The van der Waals surface area contributed by atoms with E-state index in [-0.39, 0.29) is 5.78 Å². The number of ketones is 1. The summed E-state index contributed by atoms with van der Waals surface area (Å²) < 4.78 is 5.06. The van der Waals surface area contributed by atoms with Gasteiger partial charge < -0.3 is 10.1 Å². The van der Waals surface area contributed by atoms with Crippen molar-refractivity contribution in [3.8, 4) is 5.75 Å². The molecule has 7 heteroatoms. The predicted octanol–water partition coefficient (Wildman–Crippen LogP) is 3.00. The fraction of sp³-hybridized carbons (Fsp3) is 0.154. The maximum atomic E-state index is 11.8. The fourth-order valence-electron chi connectivity index (χ4n) is 1.45. The molecule has 104 valence electrons. The number of amides is 2. The molecule has 0 aliphatic rings. The Kier molecular flexibility index (Phi) is 4.31. The van der Waals surface area contributed by atoms with Crippen LogP contribution in [0.2, 0.25) is 0 Å². The van der Waals surface area contributed by atoms with Crippen molar-refractivity contribution in [1.29, 1.82) is 0 Å². The lowest BCUT2D eigenvalue weighted by Crippen LogP contribution is -2.19. The molecule has 0 bridgehead atoms. The molecule has 2 N–H and O–H groups in total. The van der Waals surface area contributed by atoms with Gasteiger partial charge in [-0.25, -0.2) is 9.78 Å². The number of carbonyl (C=O) groups excluding carboxylic acids is 2. The summed E-state index contributed by atoms with van der Waals surface area (Å²) >= 11 is 1.20. The largest absolute Gasteiger partial charge is 0.497 e. The van der Waals surface area contributed by atoms with Crippen molar-refractivity contribution in [2.24, 2.45) is 0 Å². The highest BCUT2D eigenvalue weighted by atomic mass is 32.1. The second-order valence-electron chi connectivity index (χ2n) is 3.91. The summed E-state index contributed by atoms with van der Waals surface area (Å²) in [6.07, 6.45) is 0. The first-order valence-electron chi connectivity index (χ1n) is 5.77. The van der Waals surface area contributed by atoms with Crippen molar-refractivity contribution in [3.05, 3.63) is 35.3 Å². The summed E-state index contributed by atoms with van der Waals surface area (Å²) in [5, 5.41) is 7.19. The van der Waals surface area contributed by atoms with E-state index in [2.05, 4.69) is 15.6 Å². The lowest BCUT2D eigenvalue weighted by molar-refractivity contribution is 0.101. The highest BCUT2D eigenvalue weighted by Crippen LogP contribution is 2.18. The van der Waals surface area contributed by atoms with E-state index in [0.717, 1.165) is 0 Å². The number of carbonyl (C=O) groups is 2. The number of Topliss-reactive ketones (excluding diaryl/α,β-unsaturated/α-hetero) is 1. The third-order valence-corrected chi connectivity index (χ3v) is 3.17. The number of aromatic nitrogens is 1. The van der Waals surface area contributed by atoms with E-state index >= 15 is 0 Å². The SMILES string of the molecule is COc1cccc(NC(=O)Nc2nc(C(C)=O)cs2)c1. The van der Waals surface area contributed by atoms with E-state index in [0.29, 0.717) is 22.3 Å². The fourth-order valence-corrected chi connectivity index (χ4v) is 2.20. The third kappa shape index (κ3) is 3.55. The number of benzene rings is 1. The first-order valence-corrected chi connectivity index (χ1v) is 6.65. The molecule has 2 amide bonds. The Balaban J connectivity index is 1.99. The number of thiazole rings is 1. The van der Waals surface area contributed by atoms with Gasteiger partial charge in [-0.2, -0.15) is 0 Å². The average Bonchev–Trinajstić information content (AvgIpc) is 2.87. The highest BCUT2D eigenvalue weighted by molar-refractivity contribution is 7.14. The summed E-state index contributed by atoms with van der Waals surface area (Å²) in [7, 11) is 1.55. The van der Waals surface area contributed by atoms with E-state index in [9.17, 15) is 9.59 Å². The van der Waals surface area contributed by atoms with E-state index in [1.165, 1.54) is 18.3 Å². The van der Waals surface area contributed by atoms with Gasteiger partial charge in [-0.1, -0.05) is 6.07 Å². The molecule has 0 unspecified atom stereocenters. The Hall–Kier alpha value is -2.41. The van der Waals surface area contributed by atoms with Gasteiger partial charge in [-0.05, 0) is 12.1 Å². The zero-order valence-electron chi connectivity index (χ0n) is 11.0. The number of nitrogens with one attached hydrogen (secondary N) is 2. The van der Waals surface area contributed by atoms with Crippen molar-refractivity contribution in [2.45, 2.75) is 6.92 Å². The molecule has 1 heterocycles. The Bertz CT molecular complexity index is 639. The average molecular weight is 291 g/mol. The molecule has 0 radical (unpaired) electrons. The zero-order valence-corrected chi connectivity index (χ0v) is 11.8. The number of hydrogen-bond donors (Lipinski definition) is 2. The molecule has 1 aromatic heterocycles. The maximum absolute atomic E-state index is 11.8. The molecule has 0 saturated carbocycles. The number of methoxy groups -OCH3 is 1. The summed E-state index contributed by atoms with van der Waals surface area (Å²) in [5.74, 6) is 0.512. The van der Waals surface area contributed by atoms with Crippen LogP contribution < -0.4 is 15.4 Å². The van der Waals surface area contributed by atoms with Crippen molar-refractivity contribution in [2.75, 3.05) is 17.7 Å². The van der Waals surface area contributed by atoms with Crippen molar-refractivity contribution < 1.29 is 14.3 Å². The minimum Gasteiger partial charge on any atom is -0.497 e. The number of ether oxygens (including phenoxy) is 1. The van der Waals surface area contributed by atoms with Crippen LogP contribution in [0.15, 0.2) is 29.6 Å². The van der Waals surface area contributed by atoms with Gasteiger partial charge in [0, 0.05) is 24.1 Å². The Morgan fingerprint density at radius 1 is 1.30 bits per heavy atom. The van der Waals surface area contributed by atoms with Gasteiger partial charge in [-0.3, -0.25) is 10.1 Å². The van der Waals surface area contributed by atoms with Gasteiger partial charge in [0.05, 0.1) is 7.11 Å². The Morgan fingerprint density at radius 3 is 2.75 bits per heavy atom. The predicted molar refractivity (Wildman–Crippen MR) is 77.8 cm³/mol. The summed E-state index contributed by atoms with van der Waals surface area (Å²) in [6.45, 7) is 1.43. The van der Waals surface area contributed by atoms with Gasteiger partial charge in [0.2, 0.25) is 0 Å². The van der Waals surface area contributed by atoms with Crippen LogP contribution in [0.1, 0.15) is 17.4 Å². The number of urea groups is 1. The van der Waals surface area contributed by atoms with E-state index < -0.39 is 6.03 Å². The van der Waals surface area contributed by atoms with Crippen LogP contribution >= 0.6 is 11.3 Å². The molecule has 0 saturated heterocycles. The van der Waals surface area contributed by atoms with Crippen molar-refractivity contribution in [3.63, 3.8) is 0 Å². The second-order valence-corrected chi connectivity index (χ2v) is 4.76. The van der Waals surface area contributed by atoms with Gasteiger partial charge >= 0.3 is 6.03 Å². The molecule has 2 rings (SSSR count). The lowest BCUT2D eigenvalue weighted by atomic mass is 10.3. The Morgan fingerprint density at radius 2 is 2.10 bits per heavy atom. The summed E-state index contributed by atoms with van der Waals surface area (Å²) in [6, 6.07) is 6.56. The molecule has 0 aliphatic heterocycles. The lowest BCUT2D eigenvalue weighted by Gasteiger charge is -2.06. The van der Waals surface area contributed by atoms with Crippen LogP contribution in [-0.4, -0.2) is 23.9 Å². The maximum Gasteiger partial charge on any atom is 0.325 e. The van der Waals surface area contributed by atoms with E-state index in [1.54, 1.807) is 36.8 Å². The molecule has 0 aliphatic carbocycles. The molecule has 0 fully saturated rings. The topological polar surface area (TPSA) is 80.3 Å². The van der Waals surface area contributed by atoms with Crippen LogP contribution in [0.25, 0.3) is 0 Å². The Labute approximate surface area is 119 Å².